The number of anilines is 2. The van der Waals surface area contributed by atoms with Crippen molar-refractivity contribution in [3.8, 4) is 0 Å². The van der Waals surface area contributed by atoms with Gasteiger partial charge >= 0.3 is 0 Å². The summed E-state index contributed by atoms with van der Waals surface area (Å²) in [5.41, 5.74) is 7.40. The molecule has 0 aliphatic carbocycles. The SMILES string of the molecule is Cc1nc(C)c(C(=O)N(C)c2cc(Cl)ccc2N)o1. The fourth-order valence-electron chi connectivity index (χ4n) is 1.80. The predicted molar refractivity (Wildman–Crippen MR) is 74.6 cm³/mol. The van der Waals surface area contributed by atoms with Gasteiger partial charge in [-0.2, -0.15) is 0 Å². The summed E-state index contributed by atoms with van der Waals surface area (Å²) in [7, 11) is 1.61. The van der Waals surface area contributed by atoms with Gasteiger partial charge in [0.1, 0.15) is 0 Å². The molecule has 0 fully saturated rings. The summed E-state index contributed by atoms with van der Waals surface area (Å²) < 4.78 is 5.31. The van der Waals surface area contributed by atoms with Crippen molar-refractivity contribution >= 4 is 28.9 Å². The summed E-state index contributed by atoms with van der Waals surface area (Å²) in [5.74, 6) is 0.347. The number of benzene rings is 1. The van der Waals surface area contributed by atoms with Crippen molar-refractivity contribution in [2.75, 3.05) is 17.7 Å². The molecule has 1 aromatic heterocycles. The Bertz CT molecular complexity index is 637. The Hall–Kier alpha value is -2.01. The second kappa shape index (κ2) is 4.93. The smallest absolute Gasteiger partial charge is 0.295 e. The predicted octanol–water partition coefficient (Wildman–Crippen LogP) is 2.80. The Morgan fingerprint density at radius 3 is 2.68 bits per heavy atom. The number of halogens is 1. The van der Waals surface area contributed by atoms with Gasteiger partial charge in [0.2, 0.25) is 5.76 Å². The van der Waals surface area contributed by atoms with Crippen LogP contribution in [0.15, 0.2) is 22.6 Å². The first-order valence-electron chi connectivity index (χ1n) is 5.67. The summed E-state index contributed by atoms with van der Waals surface area (Å²) in [4.78, 5) is 17.8. The maximum absolute atomic E-state index is 12.3. The molecule has 2 rings (SSSR count). The molecular formula is C13H14ClN3O2. The molecule has 0 unspecified atom stereocenters. The van der Waals surface area contributed by atoms with E-state index in [1.165, 1.54) is 4.90 Å². The van der Waals surface area contributed by atoms with Crippen molar-refractivity contribution in [3.63, 3.8) is 0 Å². The van der Waals surface area contributed by atoms with Crippen LogP contribution in [0.25, 0.3) is 0 Å². The molecular weight excluding hydrogens is 266 g/mol. The summed E-state index contributed by atoms with van der Waals surface area (Å²) in [5, 5.41) is 0.509. The second-order valence-corrected chi connectivity index (χ2v) is 4.65. The van der Waals surface area contributed by atoms with Gasteiger partial charge in [0.15, 0.2) is 5.89 Å². The van der Waals surface area contributed by atoms with Gasteiger partial charge in [0.25, 0.3) is 5.91 Å². The highest BCUT2D eigenvalue weighted by Crippen LogP contribution is 2.27. The first kappa shape index (κ1) is 13.4. The lowest BCUT2D eigenvalue weighted by molar-refractivity contribution is 0.0964. The number of nitrogens with two attached hydrogens (primary N) is 1. The number of carbonyl (C=O) groups excluding carboxylic acids is 1. The molecule has 0 aliphatic rings. The van der Waals surface area contributed by atoms with Crippen molar-refractivity contribution < 1.29 is 9.21 Å². The van der Waals surface area contributed by atoms with Crippen LogP contribution in [0.4, 0.5) is 11.4 Å². The third kappa shape index (κ3) is 2.56. The standard InChI is InChI=1S/C13H14ClN3O2/c1-7-12(19-8(2)16-7)13(18)17(3)11-6-9(14)4-5-10(11)15/h4-6H,15H2,1-3H3. The van der Waals surface area contributed by atoms with Gasteiger partial charge in [-0.1, -0.05) is 11.6 Å². The Morgan fingerprint density at radius 2 is 2.11 bits per heavy atom. The molecule has 5 nitrogen and oxygen atoms in total. The lowest BCUT2D eigenvalue weighted by Gasteiger charge is -2.18. The van der Waals surface area contributed by atoms with Crippen LogP contribution >= 0.6 is 11.6 Å². The zero-order valence-corrected chi connectivity index (χ0v) is 11.7. The van der Waals surface area contributed by atoms with Crippen LogP contribution in [-0.2, 0) is 0 Å². The topological polar surface area (TPSA) is 72.4 Å². The highest BCUT2D eigenvalue weighted by atomic mass is 35.5. The summed E-state index contributed by atoms with van der Waals surface area (Å²) >= 11 is 5.92. The first-order chi connectivity index (χ1) is 8.90. The van der Waals surface area contributed by atoms with Crippen LogP contribution < -0.4 is 10.6 Å². The van der Waals surface area contributed by atoms with E-state index in [1.54, 1.807) is 39.1 Å². The van der Waals surface area contributed by atoms with E-state index in [1.807, 2.05) is 0 Å². The maximum atomic E-state index is 12.3. The normalized spacial score (nSPS) is 10.5. The van der Waals surface area contributed by atoms with Crippen molar-refractivity contribution in [2.24, 2.45) is 0 Å². The molecule has 2 N–H and O–H groups in total. The van der Waals surface area contributed by atoms with Gasteiger partial charge in [-0.05, 0) is 25.1 Å². The molecule has 0 saturated carbocycles. The molecule has 1 aromatic carbocycles. The van der Waals surface area contributed by atoms with E-state index in [4.69, 9.17) is 21.8 Å². The summed E-state index contributed by atoms with van der Waals surface area (Å²) in [6.07, 6.45) is 0. The average molecular weight is 280 g/mol. The maximum Gasteiger partial charge on any atom is 0.295 e. The number of nitrogen functional groups attached to an aromatic ring is 1. The van der Waals surface area contributed by atoms with Crippen LogP contribution in [0.3, 0.4) is 0 Å². The highest BCUT2D eigenvalue weighted by Gasteiger charge is 2.22. The molecule has 0 aliphatic heterocycles. The highest BCUT2D eigenvalue weighted by molar-refractivity contribution is 6.31. The number of hydrogen-bond donors (Lipinski definition) is 1. The zero-order valence-electron chi connectivity index (χ0n) is 10.9. The van der Waals surface area contributed by atoms with E-state index in [0.29, 0.717) is 28.0 Å². The number of aromatic nitrogens is 1. The molecule has 0 saturated heterocycles. The number of aryl methyl sites for hydroxylation is 2. The van der Waals surface area contributed by atoms with E-state index < -0.39 is 0 Å². The van der Waals surface area contributed by atoms with Gasteiger partial charge in [0.05, 0.1) is 17.1 Å². The number of amides is 1. The number of carbonyl (C=O) groups is 1. The quantitative estimate of drug-likeness (QED) is 0.858. The molecule has 0 radical (unpaired) electrons. The van der Waals surface area contributed by atoms with Gasteiger partial charge in [-0.15, -0.1) is 0 Å². The van der Waals surface area contributed by atoms with Crippen molar-refractivity contribution in [3.05, 3.63) is 40.6 Å². The van der Waals surface area contributed by atoms with Crippen LogP contribution in [-0.4, -0.2) is 17.9 Å². The van der Waals surface area contributed by atoms with E-state index in [2.05, 4.69) is 4.98 Å². The van der Waals surface area contributed by atoms with Crippen molar-refractivity contribution in [1.82, 2.24) is 4.98 Å². The Labute approximate surface area is 116 Å². The minimum atomic E-state index is -0.313. The van der Waals surface area contributed by atoms with Gasteiger partial charge in [-0.3, -0.25) is 4.79 Å². The molecule has 1 amide bonds. The molecule has 1 heterocycles. The Kier molecular flexibility index (Phi) is 3.48. The van der Waals surface area contributed by atoms with Gasteiger partial charge in [-0.25, -0.2) is 4.98 Å². The number of nitrogens with zero attached hydrogens (tertiary/aromatic N) is 2. The number of rotatable bonds is 2. The average Bonchev–Trinajstić information content (AvgIpc) is 2.69. The third-order valence-corrected chi connectivity index (χ3v) is 2.99. The van der Waals surface area contributed by atoms with Crippen LogP contribution in [0.1, 0.15) is 22.1 Å². The monoisotopic (exact) mass is 279 g/mol. The number of hydrogen-bond acceptors (Lipinski definition) is 4. The lowest BCUT2D eigenvalue weighted by Crippen LogP contribution is -2.27. The van der Waals surface area contributed by atoms with Crippen LogP contribution in [0.2, 0.25) is 5.02 Å². The van der Waals surface area contributed by atoms with E-state index in [-0.39, 0.29) is 11.7 Å². The molecule has 6 heteroatoms. The van der Waals surface area contributed by atoms with Crippen molar-refractivity contribution in [1.29, 1.82) is 0 Å². The van der Waals surface area contributed by atoms with E-state index >= 15 is 0 Å². The third-order valence-electron chi connectivity index (χ3n) is 2.76. The molecule has 0 atom stereocenters. The lowest BCUT2D eigenvalue weighted by atomic mass is 10.2. The van der Waals surface area contributed by atoms with E-state index in [0.717, 1.165) is 0 Å². The van der Waals surface area contributed by atoms with Crippen LogP contribution in [0.5, 0.6) is 0 Å². The molecule has 2 aromatic rings. The largest absolute Gasteiger partial charge is 0.436 e. The number of oxazole rings is 1. The minimum Gasteiger partial charge on any atom is -0.436 e. The van der Waals surface area contributed by atoms with Gasteiger partial charge < -0.3 is 15.1 Å². The second-order valence-electron chi connectivity index (χ2n) is 4.21. The molecule has 100 valence electrons. The van der Waals surface area contributed by atoms with E-state index in [9.17, 15) is 4.79 Å². The fourth-order valence-corrected chi connectivity index (χ4v) is 1.97. The minimum absolute atomic E-state index is 0.208. The fraction of sp³-hybridized carbons (Fsp3) is 0.231. The molecule has 0 spiro atoms. The Morgan fingerprint density at radius 1 is 1.42 bits per heavy atom. The molecule has 0 bridgehead atoms. The zero-order chi connectivity index (χ0) is 14.2. The summed E-state index contributed by atoms with van der Waals surface area (Å²) in [6.45, 7) is 3.41. The Balaban J connectivity index is 2.39. The summed E-state index contributed by atoms with van der Waals surface area (Å²) in [6, 6.07) is 4.95. The van der Waals surface area contributed by atoms with Crippen molar-refractivity contribution in [2.45, 2.75) is 13.8 Å². The first-order valence-corrected chi connectivity index (χ1v) is 6.05. The van der Waals surface area contributed by atoms with Gasteiger partial charge in [0, 0.05) is 19.0 Å². The molecule has 19 heavy (non-hydrogen) atoms. The van der Waals surface area contributed by atoms with Crippen LogP contribution in [0, 0.1) is 13.8 Å².